The van der Waals surface area contributed by atoms with E-state index in [1.165, 1.54) is 39.7 Å². The van der Waals surface area contributed by atoms with Crippen molar-refractivity contribution in [3.05, 3.63) is 65.9 Å². The Hall–Kier alpha value is -1.75. The van der Waals surface area contributed by atoms with Crippen molar-refractivity contribution in [2.75, 3.05) is 0 Å². The second-order valence-electron chi connectivity index (χ2n) is 6.84. The average molecular weight is 510 g/mol. The van der Waals surface area contributed by atoms with Gasteiger partial charge in [-0.15, -0.1) is 0 Å². The number of nitrogens with zero attached hydrogens (tertiary/aromatic N) is 1. The van der Waals surface area contributed by atoms with Crippen LogP contribution in [-0.2, 0) is 19.4 Å². The standard InChI is InChI=1S/C20H20N.6FH.Sb/c1-2-7-17-14-16-9-4-6-11-19(16)20-18-10-5-3-8-15(18)12-13-21(17)20;;;;;;;/h3-6,8-11,14H,2,7,12-13H2,1H3;6*1H;/q+1;;;;;;;+5/p-6. The van der Waals surface area contributed by atoms with Gasteiger partial charge in [0.1, 0.15) is 0 Å². The number of rotatable bonds is 2. The molecule has 8 heteroatoms. The zero-order valence-electron chi connectivity index (χ0n) is 15.2. The molecule has 0 unspecified atom stereocenters. The van der Waals surface area contributed by atoms with Crippen LogP contribution in [0.5, 0.6) is 0 Å². The van der Waals surface area contributed by atoms with Crippen LogP contribution >= 0.6 is 0 Å². The Morgan fingerprint density at radius 3 is 2.18 bits per heavy atom. The van der Waals surface area contributed by atoms with Crippen LogP contribution in [0.4, 0.5) is 16.9 Å². The second-order valence-corrected chi connectivity index (χ2v) is 12.3. The summed E-state index contributed by atoms with van der Waals surface area (Å²) in [5.74, 6) is 0. The molecule has 1 nitrogen and oxygen atoms in total. The van der Waals surface area contributed by atoms with Gasteiger partial charge in [-0.05, 0) is 29.5 Å². The predicted molar refractivity (Wildman–Crippen MR) is 99.7 cm³/mol. The van der Waals surface area contributed by atoms with Crippen LogP contribution in [0.3, 0.4) is 0 Å². The molecule has 2 aromatic carbocycles. The van der Waals surface area contributed by atoms with E-state index in [9.17, 15) is 16.9 Å². The third-order valence-corrected chi connectivity index (χ3v) is 4.54. The molecule has 1 aliphatic heterocycles. The second kappa shape index (κ2) is 6.65. The fourth-order valence-electron chi connectivity index (χ4n) is 3.60. The number of halogens is 6. The van der Waals surface area contributed by atoms with Gasteiger partial charge in [-0.2, -0.15) is 4.57 Å². The van der Waals surface area contributed by atoms with Gasteiger partial charge in [0.05, 0.1) is 10.9 Å². The average Bonchev–Trinajstić information content (AvgIpc) is 2.59. The SMILES string of the molecule is CCCc1cc2ccccc2c2[n+]1CCc1ccccc1-2.[F][Sb-]([F])([F])([F])([F])[F]. The normalized spacial score (nSPS) is 15.5. The van der Waals surface area contributed by atoms with Gasteiger partial charge in [-0.25, -0.2) is 0 Å². The van der Waals surface area contributed by atoms with Gasteiger partial charge in [0.2, 0.25) is 5.69 Å². The summed E-state index contributed by atoms with van der Waals surface area (Å²) in [6, 6.07) is 20.1. The number of pyridine rings is 1. The van der Waals surface area contributed by atoms with Crippen LogP contribution in [0.1, 0.15) is 24.6 Å². The summed E-state index contributed by atoms with van der Waals surface area (Å²) in [4.78, 5) is 0. The number of benzene rings is 2. The van der Waals surface area contributed by atoms with Crippen LogP contribution in [0.2, 0.25) is 0 Å². The fourth-order valence-corrected chi connectivity index (χ4v) is 3.60. The van der Waals surface area contributed by atoms with Gasteiger partial charge in [-0.3, -0.25) is 0 Å². The summed E-state index contributed by atoms with van der Waals surface area (Å²) in [6.07, 6.45) is 3.49. The predicted octanol–water partition coefficient (Wildman–Crippen LogP) is 6.44. The van der Waals surface area contributed by atoms with E-state index in [1.54, 1.807) is 0 Å². The summed E-state index contributed by atoms with van der Waals surface area (Å²) in [5, 5.41) is 2.74. The van der Waals surface area contributed by atoms with E-state index in [1.807, 2.05) is 0 Å². The van der Waals surface area contributed by atoms with E-state index < -0.39 is 19.5 Å². The van der Waals surface area contributed by atoms with Crippen molar-refractivity contribution in [2.24, 2.45) is 0 Å². The van der Waals surface area contributed by atoms with E-state index in [4.69, 9.17) is 0 Å². The number of aromatic nitrogens is 1. The molecule has 28 heavy (non-hydrogen) atoms. The molecule has 4 rings (SSSR count). The molecule has 152 valence electrons. The Kier molecular flexibility index (Phi) is 4.98. The molecule has 2 heterocycles. The maximum atomic E-state index is 9.93. The summed E-state index contributed by atoms with van der Waals surface area (Å²) in [5.41, 5.74) is 5.79. The molecule has 0 saturated carbocycles. The molecule has 0 amide bonds. The zero-order valence-corrected chi connectivity index (χ0v) is 17.7. The van der Waals surface area contributed by atoms with Crippen LogP contribution in [0.25, 0.3) is 22.0 Å². The Morgan fingerprint density at radius 1 is 0.893 bits per heavy atom. The first kappa shape index (κ1) is 21.0. The molecule has 0 fully saturated rings. The molecule has 0 N–H and O–H groups in total. The van der Waals surface area contributed by atoms with Gasteiger partial charge in [0.25, 0.3) is 0 Å². The van der Waals surface area contributed by atoms with E-state index in [0.717, 1.165) is 19.4 Å². The van der Waals surface area contributed by atoms with Crippen molar-refractivity contribution >= 4 is 30.2 Å². The first-order valence-corrected chi connectivity index (χ1v) is 14.7. The quantitative estimate of drug-likeness (QED) is 0.212. The Labute approximate surface area is 161 Å². The van der Waals surface area contributed by atoms with Gasteiger partial charge < -0.3 is 0 Å². The van der Waals surface area contributed by atoms with Crippen LogP contribution in [0.15, 0.2) is 54.6 Å². The van der Waals surface area contributed by atoms with E-state index >= 15 is 0 Å². The van der Waals surface area contributed by atoms with Crippen molar-refractivity contribution in [1.29, 1.82) is 0 Å². The van der Waals surface area contributed by atoms with Gasteiger partial charge in [0, 0.05) is 18.9 Å². The summed E-state index contributed by atoms with van der Waals surface area (Å²) < 4.78 is 62.1. The third-order valence-electron chi connectivity index (χ3n) is 4.54. The molecule has 0 atom stereocenters. The van der Waals surface area contributed by atoms with Gasteiger partial charge in [0.15, 0.2) is 12.2 Å². The molecular formula is C20H20F6NSb. The van der Waals surface area contributed by atoms with Crippen molar-refractivity contribution in [3.63, 3.8) is 0 Å². The number of aryl methyl sites for hydroxylation is 2. The maximum absolute atomic E-state index is 11.2. The van der Waals surface area contributed by atoms with Gasteiger partial charge in [-0.1, -0.05) is 43.3 Å². The third kappa shape index (κ3) is 5.63. The monoisotopic (exact) mass is 509 g/mol. The van der Waals surface area contributed by atoms with Crippen LogP contribution < -0.4 is 4.57 Å². The zero-order chi connectivity index (χ0) is 20.6. The topological polar surface area (TPSA) is 3.88 Å². The first-order valence-electron chi connectivity index (χ1n) is 8.92. The summed E-state index contributed by atoms with van der Waals surface area (Å²) >= 11 is -11.2. The molecule has 0 bridgehead atoms. The minimum atomic E-state index is -11.2. The van der Waals surface area contributed by atoms with Crippen molar-refractivity contribution in [2.45, 2.75) is 32.7 Å². The molecule has 0 spiro atoms. The molecule has 0 saturated heterocycles. The molecular weight excluding hydrogens is 490 g/mol. The number of fused-ring (bicyclic) bond motifs is 5. The molecule has 0 radical (unpaired) electrons. The number of hydrogen-bond donors (Lipinski definition) is 0. The van der Waals surface area contributed by atoms with Crippen LogP contribution in [-0.4, -0.2) is 19.5 Å². The van der Waals surface area contributed by atoms with Crippen molar-refractivity contribution in [3.8, 4) is 11.3 Å². The number of hydrogen-bond acceptors (Lipinski definition) is 0. The molecule has 1 aliphatic rings. The summed E-state index contributed by atoms with van der Waals surface area (Å²) in [7, 11) is 0. The molecule has 0 aliphatic carbocycles. The Balaban J connectivity index is 0.000000279. The first-order chi connectivity index (χ1) is 12.8. The van der Waals surface area contributed by atoms with Gasteiger partial charge >= 0.3 is 36.4 Å². The van der Waals surface area contributed by atoms with E-state index in [0.29, 0.717) is 0 Å². The molecule has 1 aromatic heterocycles. The fraction of sp³-hybridized carbons (Fsp3) is 0.250. The summed E-state index contributed by atoms with van der Waals surface area (Å²) in [6.45, 7) is 3.37. The van der Waals surface area contributed by atoms with E-state index in [-0.39, 0.29) is 0 Å². The minimum absolute atomic E-state index is 1.10. The molecule has 3 aromatic rings. The van der Waals surface area contributed by atoms with Crippen LogP contribution in [0, 0.1) is 0 Å². The Morgan fingerprint density at radius 2 is 1.50 bits per heavy atom. The van der Waals surface area contributed by atoms with Crippen molar-refractivity contribution in [1.82, 2.24) is 0 Å². The van der Waals surface area contributed by atoms with Crippen molar-refractivity contribution < 1.29 is 21.4 Å². The van der Waals surface area contributed by atoms with E-state index in [2.05, 4.69) is 66.1 Å². The Bertz CT molecular complexity index is 1020.